The number of carbonyl (C=O) groups excluding carboxylic acids is 1. The van der Waals surface area contributed by atoms with Crippen molar-refractivity contribution in [3.05, 3.63) is 48.0 Å². The van der Waals surface area contributed by atoms with Crippen LogP contribution >= 0.6 is 0 Å². The normalized spacial score (nSPS) is 12.3. The molecule has 22 heavy (non-hydrogen) atoms. The molecule has 6 nitrogen and oxygen atoms in total. The first-order chi connectivity index (χ1) is 10.4. The zero-order chi connectivity index (χ0) is 16.2. The number of carbonyl (C=O) groups is 1. The summed E-state index contributed by atoms with van der Waals surface area (Å²) >= 11 is 0. The van der Waals surface area contributed by atoms with Crippen molar-refractivity contribution >= 4 is 11.6 Å². The molecule has 116 valence electrons. The van der Waals surface area contributed by atoms with E-state index in [1.807, 2.05) is 0 Å². The van der Waals surface area contributed by atoms with Crippen LogP contribution in [0, 0.1) is 0 Å². The molecule has 0 spiro atoms. The summed E-state index contributed by atoms with van der Waals surface area (Å²) in [7, 11) is 0. The van der Waals surface area contributed by atoms with Crippen molar-refractivity contribution < 1.29 is 18.0 Å². The molecule has 0 radical (unpaired) electrons. The highest BCUT2D eigenvalue weighted by Gasteiger charge is 2.30. The molecule has 1 N–H and O–H groups in total. The molecule has 0 aliphatic rings. The van der Waals surface area contributed by atoms with E-state index in [4.69, 9.17) is 0 Å². The lowest BCUT2D eigenvalue weighted by Gasteiger charge is -2.08. The second kappa shape index (κ2) is 6.37. The van der Waals surface area contributed by atoms with Crippen molar-refractivity contribution in [2.24, 2.45) is 5.10 Å². The fraction of sp³-hybridized carbons (Fsp3) is 0.231. The lowest BCUT2D eigenvalue weighted by atomic mass is 10.1. The molecule has 0 aliphatic carbocycles. The van der Waals surface area contributed by atoms with Crippen molar-refractivity contribution in [2.75, 3.05) is 0 Å². The summed E-state index contributed by atoms with van der Waals surface area (Å²) in [6.07, 6.45) is -1.78. The summed E-state index contributed by atoms with van der Waals surface area (Å²) in [5, 5.41) is 7.54. The third-order valence-corrected chi connectivity index (χ3v) is 2.73. The van der Waals surface area contributed by atoms with E-state index in [1.165, 1.54) is 36.4 Å². The Morgan fingerprint density at radius 2 is 2.18 bits per heavy atom. The van der Waals surface area contributed by atoms with Gasteiger partial charge in [0.25, 0.3) is 5.91 Å². The summed E-state index contributed by atoms with van der Waals surface area (Å²) in [6, 6.07) is 4.72. The Labute approximate surface area is 123 Å². The molecule has 0 fully saturated rings. The number of hydrazone groups is 1. The second-order valence-corrected chi connectivity index (χ2v) is 4.40. The average Bonchev–Trinajstić information content (AvgIpc) is 2.97. The van der Waals surface area contributed by atoms with E-state index in [2.05, 4.69) is 20.6 Å². The maximum absolute atomic E-state index is 12.6. The highest BCUT2D eigenvalue weighted by atomic mass is 19.4. The molecule has 0 saturated carbocycles. The van der Waals surface area contributed by atoms with Crippen LogP contribution in [-0.2, 0) is 17.5 Å². The Balaban J connectivity index is 2.04. The quantitative estimate of drug-likeness (QED) is 0.692. The fourth-order valence-corrected chi connectivity index (χ4v) is 1.63. The average molecular weight is 311 g/mol. The van der Waals surface area contributed by atoms with Crippen LogP contribution in [0.4, 0.5) is 13.2 Å². The standard InChI is InChI=1S/C13H12F3N5O/c1-9(10-3-2-4-11(5-10)13(14,15)16)19-20-12(22)6-21-8-17-7-18-21/h2-5,7-8H,6H2,1H3,(H,20,22)/b19-9+. The van der Waals surface area contributed by atoms with Crippen LogP contribution in [0.1, 0.15) is 18.1 Å². The van der Waals surface area contributed by atoms with E-state index in [0.29, 0.717) is 0 Å². The molecule has 9 heteroatoms. The lowest BCUT2D eigenvalue weighted by molar-refractivity contribution is -0.137. The van der Waals surface area contributed by atoms with Gasteiger partial charge in [-0.3, -0.25) is 4.79 Å². The number of nitrogens with zero attached hydrogens (tertiary/aromatic N) is 4. The summed E-state index contributed by atoms with van der Waals surface area (Å²) in [6.45, 7) is 1.42. The van der Waals surface area contributed by atoms with Crippen molar-refractivity contribution in [2.45, 2.75) is 19.6 Å². The van der Waals surface area contributed by atoms with Crippen LogP contribution in [0.3, 0.4) is 0 Å². The number of hydrogen-bond donors (Lipinski definition) is 1. The summed E-state index contributed by atoms with van der Waals surface area (Å²) in [5.41, 5.74) is 2.02. The smallest absolute Gasteiger partial charge is 0.271 e. The van der Waals surface area contributed by atoms with Crippen LogP contribution in [0.25, 0.3) is 0 Å². The number of benzene rings is 1. The van der Waals surface area contributed by atoms with Gasteiger partial charge in [0.15, 0.2) is 0 Å². The predicted molar refractivity (Wildman–Crippen MR) is 71.8 cm³/mol. The number of halogens is 3. The van der Waals surface area contributed by atoms with Gasteiger partial charge in [-0.05, 0) is 24.6 Å². The lowest BCUT2D eigenvalue weighted by Crippen LogP contribution is -2.24. The second-order valence-electron chi connectivity index (χ2n) is 4.40. The van der Waals surface area contributed by atoms with Crippen LogP contribution in [0.15, 0.2) is 42.0 Å². The Bertz CT molecular complexity index is 679. The molecule has 1 amide bonds. The van der Waals surface area contributed by atoms with Gasteiger partial charge in [0.1, 0.15) is 19.2 Å². The van der Waals surface area contributed by atoms with Gasteiger partial charge in [0.2, 0.25) is 0 Å². The zero-order valence-corrected chi connectivity index (χ0v) is 11.5. The molecule has 2 rings (SSSR count). The van der Waals surface area contributed by atoms with E-state index >= 15 is 0 Å². The first-order valence-corrected chi connectivity index (χ1v) is 6.19. The highest BCUT2D eigenvalue weighted by molar-refractivity contribution is 5.99. The number of nitrogens with one attached hydrogen (secondary N) is 1. The Kier molecular flexibility index (Phi) is 4.54. The van der Waals surface area contributed by atoms with E-state index in [1.54, 1.807) is 0 Å². The molecule has 0 saturated heterocycles. The molecule has 1 aromatic carbocycles. The Hall–Kier alpha value is -2.71. The van der Waals surface area contributed by atoms with Crippen molar-refractivity contribution in [3.8, 4) is 0 Å². The van der Waals surface area contributed by atoms with Crippen molar-refractivity contribution in [1.29, 1.82) is 0 Å². The van der Waals surface area contributed by atoms with Crippen LogP contribution in [0.2, 0.25) is 0 Å². The topological polar surface area (TPSA) is 72.2 Å². The molecule has 0 unspecified atom stereocenters. The third-order valence-electron chi connectivity index (χ3n) is 2.73. The van der Waals surface area contributed by atoms with Gasteiger partial charge < -0.3 is 0 Å². The summed E-state index contributed by atoms with van der Waals surface area (Å²) < 4.78 is 39.2. The fourth-order valence-electron chi connectivity index (χ4n) is 1.63. The maximum Gasteiger partial charge on any atom is 0.416 e. The monoisotopic (exact) mass is 311 g/mol. The van der Waals surface area contributed by atoms with Crippen molar-refractivity contribution in [3.63, 3.8) is 0 Å². The zero-order valence-electron chi connectivity index (χ0n) is 11.5. The molecular weight excluding hydrogens is 299 g/mol. The van der Waals surface area contributed by atoms with Gasteiger partial charge in [-0.2, -0.15) is 23.4 Å². The summed E-state index contributed by atoms with van der Waals surface area (Å²) in [4.78, 5) is 15.3. The van der Waals surface area contributed by atoms with E-state index in [0.717, 1.165) is 12.1 Å². The van der Waals surface area contributed by atoms with E-state index in [-0.39, 0.29) is 17.8 Å². The van der Waals surface area contributed by atoms with Gasteiger partial charge in [-0.15, -0.1) is 0 Å². The number of alkyl halides is 3. The molecule has 2 aromatic rings. The molecule has 0 bridgehead atoms. The Morgan fingerprint density at radius 1 is 1.41 bits per heavy atom. The molecule has 0 aliphatic heterocycles. The van der Waals surface area contributed by atoms with Gasteiger partial charge in [-0.25, -0.2) is 15.1 Å². The largest absolute Gasteiger partial charge is 0.416 e. The number of amides is 1. The molecular formula is C13H12F3N5O. The number of aromatic nitrogens is 3. The van der Waals surface area contributed by atoms with Gasteiger partial charge in [0.05, 0.1) is 11.3 Å². The number of hydrogen-bond acceptors (Lipinski definition) is 4. The number of rotatable bonds is 4. The molecule has 1 heterocycles. The predicted octanol–water partition coefficient (Wildman–Crippen LogP) is 1.84. The van der Waals surface area contributed by atoms with Gasteiger partial charge >= 0.3 is 6.18 Å². The van der Waals surface area contributed by atoms with Gasteiger partial charge in [-0.1, -0.05) is 12.1 Å². The Morgan fingerprint density at radius 3 is 2.82 bits per heavy atom. The highest BCUT2D eigenvalue weighted by Crippen LogP contribution is 2.29. The SMILES string of the molecule is C/C(=N\NC(=O)Cn1cncn1)c1cccc(C(F)(F)F)c1. The van der Waals surface area contributed by atoms with Crippen LogP contribution < -0.4 is 5.43 Å². The van der Waals surface area contributed by atoms with Gasteiger partial charge in [0, 0.05) is 0 Å². The van der Waals surface area contributed by atoms with Crippen LogP contribution in [-0.4, -0.2) is 26.4 Å². The minimum atomic E-state index is -4.42. The van der Waals surface area contributed by atoms with Crippen molar-refractivity contribution in [1.82, 2.24) is 20.2 Å². The molecule has 1 aromatic heterocycles. The van der Waals surface area contributed by atoms with E-state index in [9.17, 15) is 18.0 Å². The first-order valence-electron chi connectivity index (χ1n) is 6.19. The summed E-state index contributed by atoms with van der Waals surface area (Å²) in [5.74, 6) is -0.461. The van der Waals surface area contributed by atoms with E-state index < -0.39 is 17.6 Å². The first kappa shape index (κ1) is 15.7. The minimum Gasteiger partial charge on any atom is -0.271 e. The molecule has 0 atom stereocenters. The van der Waals surface area contributed by atoms with Crippen LogP contribution in [0.5, 0.6) is 0 Å². The maximum atomic E-state index is 12.6. The minimum absolute atomic E-state index is 0.0840. The third kappa shape index (κ3) is 4.14.